The van der Waals surface area contributed by atoms with Crippen molar-refractivity contribution in [3.8, 4) is 11.8 Å². The molecule has 0 aliphatic heterocycles. The van der Waals surface area contributed by atoms with Crippen molar-refractivity contribution in [3.63, 3.8) is 0 Å². The molecule has 1 amide bonds. The van der Waals surface area contributed by atoms with E-state index in [4.69, 9.17) is 0 Å². The van der Waals surface area contributed by atoms with E-state index in [-0.39, 0.29) is 11.1 Å². The van der Waals surface area contributed by atoms with Crippen molar-refractivity contribution in [1.82, 2.24) is 4.57 Å². The molecule has 0 radical (unpaired) electrons. The highest BCUT2D eigenvalue weighted by Crippen LogP contribution is 2.24. The quantitative estimate of drug-likeness (QED) is 0.482. The van der Waals surface area contributed by atoms with E-state index < -0.39 is 11.9 Å². The molecule has 3 aromatic rings. The molecule has 2 N–H and O–H groups in total. The average molecular weight is 399 g/mol. The number of nitrogens with zero attached hydrogens (tertiary/aromatic N) is 2. The Morgan fingerprint density at radius 1 is 1.07 bits per heavy atom. The van der Waals surface area contributed by atoms with Gasteiger partial charge in [0.25, 0.3) is 5.91 Å². The van der Waals surface area contributed by atoms with Gasteiger partial charge in [-0.05, 0) is 68.3 Å². The van der Waals surface area contributed by atoms with Gasteiger partial charge in [-0.15, -0.1) is 0 Å². The monoisotopic (exact) mass is 399 g/mol. The fourth-order valence-corrected chi connectivity index (χ4v) is 3.32. The normalized spacial score (nSPS) is 11.1. The van der Waals surface area contributed by atoms with Crippen molar-refractivity contribution in [1.29, 1.82) is 5.26 Å². The van der Waals surface area contributed by atoms with Crippen molar-refractivity contribution in [2.24, 2.45) is 0 Å². The number of para-hydroxylation sites is 1. The van der Waals surface area contributed by atoms with E-state index in [1.54, 1.807) is 24.3 Å². The maximum absolute atomic E-state index is 12.6. The molecule has 6 nitrogen and oxygen atoms in total. The number of aromatic nitrogens is 1. The molecular weight excluding hydrogens is 378 g/mol. The van der Waals surface area contributed by atoms with Crippen LogP contribution in [-0.2, 0) is 4.79 Å². The number of carbonyl (C=O) groups excluding carboxylic acids is 1. The number of carbonyl (C=O) groups is 2. The van der Waals surface area contributed by atoms with E-state index in [0.717, 1.165) is 17.0 Å². The summed E-state index contributed by atoms with van der Waals surface area (Å²) in [6.07, 6.45) is 1.55. The summed E-state index contributed by atoms with van der Waals surface area (Å²) in [6, 6.07) is 17.8. The predicted molar refractivity (Wildman–Crippen MR) is 116 cm³/mol. The van der Waals surface area contributed by atoms with Crippen LogP contribution in [0.3, 0.4) is 0 Å². The number of aryl methyl sites for hydroxylation is 2. The van der Waals surface area contributed by atoms with Crippen LogP contribution in [0.5, 0.6) is 0 Å². The Balaban J connectivity index is 1.97. The maximum atomic E-state index is 12.6. The highest BCUT2D eigenvalue weighted by atomic mass is 16.4. The average Bonchev–Trinajstić information content (AvgIpc) is 3.00. The Labute approximate surface area is 174 Å². The van der Waals surface area contributed by atoms with Crippen molar-refractivity contribution in [3.05, 3.63) is 88.2 Å². The van der Waals surface area contributed by atoms with Gasteiger partial charge in [0.05, 0.1) is 5.56 Å². The lowest BCUT2D eigenvalue weighted by atomic mass is 10.1. The van der Waals surface area contributed by atoms with E-state index in [1.807, 2.05) is 61.7 Å². The van der Waals surface area contributed by atoms with E-state index >= 15 is 0 Å². The van der Waals surface area contributed by atoms with Gasteiger partial charge in [0.15, 0.2) is 0 Å². The third-order valence-electron chi connectivity index (χ3n) is 4.88. The number of hydrogen-bond acceptors (Lipinski definition) is 3. The zero-order valence-electron chi connectivity index (χ0n) is 16.9. The Morgan fingerprint density at radius 3 is 2.47 bits per heavy atom. The van der Waals surface area contributed by atoms with Gasteiger partial charge in [-0.25, -0.2) is 4.79 Å². The number of hydrogen-bond donors (Lipinski definition) is 2. The van der Waals surface area contributed by atoms with Gasteiger partial charge < -0.3 is 15.0 Å². The molecule has 0 saturated carbocycles. The third-order valence-corrected chi connectivity index (χ3v) is 4.88. The molecular formula is C24H21N3O3. The van der Waals surface area contributed by atoms with Crippen molar-refractivity contribution in [2.45, 2.75) is 20.8 Å². The molecule has 0 fully saturated rings. The van der Waals surface area contributed by atoms with E-state index in [1.165, 1.54) is 6.07 Å². The van der Waals surface area contributed by atoms with Crippen LogP contribution in [0.1, 0.15) is 32.9 Å². The molecule has 0 saturated heterocycles. The number of carboxylic acids is 1. The molecule has 0 spiro atoms. The lowest BCUT2D eigenvalue weighted by Gasteiger charge is -2.10. The molecule has 0 aliphatic carbocycles. The van der Waals surface area contributed by atoms with E-state index in [9.17, 15) is 20.0 Å². The lowest BCUT2D eigenvalue weighted by molar-refractivity contribution is -0.112. The SMILES string of the molecule is Cc1ccccc1NC(=O)/C(C#N)=C\c1cc(C)n(-c2cccc(C(=O)O)c2)c1C. The van der Waals surface area contributed by atoms with E-state index in [2.05, 4.69) is 5.32 Å². The second-order valence-electron chi connectivity index (χ2n) is 6.96. The number of benzene rings is 2. The van der Waals surface area contributed by atoms with Crippen LogP contribution in [0.15, 0.2) is 60.2 Å². The molecule has 0 aliphatic rings. The van der Waals surface area contributed by atoms with Crippen LogP contribution >= 0.6 is 0 Å². The molecule has 0 atom stereocenters. The summed E-state index contributed by atoms with van der Waals surface area (Å²) in [5, 5.41) is 21.6. The molecule has 0 unspecified atom stereocenters. The zero-order chi connectivity index (χ0) is 21.8. The van der Waals surface area contributed by atoms with Crippen molar-refractivity contribution in [2.75, 3.05) is 5.32 Å². The van der Waals surface area contributed by atoms with Gasteiger partial charge in [0.1, 0.15) is 11.6 Å². The van der Waals surface area contributed by atoms with Crippen LogP contribution in [-0.4, -0.2) is 21.6 Å². The van der Waals surface area contributed by atoms with Crippen LogP contribution < -0.4 is 5.32 Å². The van der Waals surface area contributed by atoms with Crippen molar-refractivity contribution >= 4 is 23.6 Å². The first-order chi connectivity index (χ1) is 14.3. The molecule has 2 aromatic carbocycles. The Hall–Kier alpha value is -4.11. The molecule has 1 heterocycles. The minimum absolute atomic E-state index is 0.0159. The second-order valence-corrected chi connectivity index (χ2v) is 6.96. The number of nitriles is 1. The molecule has 6 heteroatoms. The topological polar surface area (TPSA) is 95.1 Å². The van der Waals surface area contributed by atoms with Gasteiger partial charge in [0.2, 0.25) is 0 Å². The number of carboxylic acid groups (broad SMARTS) is 1. The van der Waals surface area contributed by atoms with Crippen LogP contribution in [0.25, 0.3) is 11.8 Å². The summed E-state index contributed by atoms with van der Waals surface area (Å²) in [7, 11) is 0. The number of amides is 1. The summed E-state index contributed by atoms with van der Waals surface area (Å²) in [4.78, 5) is 23.9. The highest BCUT2D eigenvalue weighted by molar-refractivity contribution is 6.10. The second kappa shape index (κ2) is 8.50. The Morgan fingerprint density at radius 2 is 1.80 bits per heavy atom. The molecule has 3 rings (SSSR count). The first kappa shape index (κ1) is 20.6. The fourth-order valence-electron chi connectivity index (χ4n) is 3.32. The minimum atomic E-state index is -1.00. The smallest absolute Gasteiger partial charge is 0.335 e. The van der Waals surface area contributed by atoms with Gasteiger partial charge in [0, 0.05) is 22.8 Å². The standard InChI is InChI=1S/C24H21N3O3/c1-15-7-4-5-10-22(15)26-23(28)20(14-25)12-19-11-16(2)27(17(19)3)21-9-6-8-18(13-21)24(29)30/h4-13H,1-3H3,(H,26,28)(H,29,30)/b20-12-. The lowest BCUT2D eigenvalue weighted by Crippen LogP contribution is -2.14. The molecule has 0 bridgehead atoms. The number of rotatable bonds is 5. The first-order valence-electron chi connectivity index (χ1n) is 9.33. The van der Waals surface area contributed by atoms with Crippen LogP contribution in [0.4, 0.5) is 5.69 Å². The predicted octanol–water partition coefficient (Wildman–Crippen LogP) is 4.65. The summed E-state index contributed by atoms with van der Waals surface area (Å²) in [5.41, 5.74) is 4.80. The third kappa shape index (κ3) is 4.15. The van der Waals surface area contributed by atoms with Crippen molar-refractivity contribution < 1.29 is 14.7 Å². The highest BCUT2D eigenvalue weighted by Gasteiger charge is 2.15. The maximum Gasteiger partial charge on any atom is 0.335 e. The number of aromatic carboxylic acids is 1. The fraction of sp³-hybridized carbons (Fsp3) is 0.125. The summed E-state index contributed by atoms with van der Waals surface area (Å²) >= 11 is 0. The van der Waals surface area contributed by atoms with Gasteiger partial charge >= 0.3 is 5.97 Å². The summed E-state index contributed by atoms with van der Waals surface area (Å²) in [5.74, 6) is -1.48. The van der Waals surface area contributed by atoms with Gasteiger partial charge in [-0.2, -0.15) is 5.26 Å². The van der Waals surface area contributed by atoms with Crippen LogP contribution in [0.2, 0.25) is 0 Å². The summed E-state index contributed by atoms with van der Waals surface area (Å²) < 4.78 is 1.90. The number of anilines is 1. The summed E-state index contributed by atoms with van der Waals surface area (Å²) in [6.45, 7) is 5.63. The zero-order valence-corrected chi connectivity index (χ0v) is 16.9. The largest absolute Gasteiger partial charge is 0.478 e. The van der Waals surface area contributed by atoms with Gasteiger partial charge in [-0.1, -0.05) is 24.3 Å². The minimum Gasteiger partial charge on any atom is -0.478 e. The van der Waals surface area contributed by atoms with Crippen LogP contribution in [0, 0.1) is 32.1 Å². The van der Waals surface area contributed by atoms with E-state index in [0.29, 0.717) is 16.9 Å². The molecule has 30 heavy (non-hydrogen) atoms. The first-order valence-corrected chi connectivity index (χ1v) is 9.33. The van der Waals surface area contributed by atoms with Gasteiger partial charge in [-0.3, -0.25) is 4.79 Å². The Kier molecular flexibility index (Phi) is 5.84. The molecule has 150 valence electrons. The molecule has 1 aromatic heterocycles. The Bertz CT molecular complexity index is 1210. The number of nitrogens with one attached hydrogen (secondary N) is 1.